The van der Waals surface area contributed by atoms with Crippen molar-refractivity contribution in [2.75, 3.05) is 40.0 Å². The summed E-state index contributed by atoms with van der Waals surface area (Å²) >= 11 is 0. The fourth-order valence-electron chi connectivity index (χ4n) is 1.77. The Morgan fingerprint density at radius 3 is 3.00 bits per heavy atom. The van der Waals surface area contributed by atoms with Gasteiger partial charge in [0.15, 0.2) is 0 Å². The van der Waals surface area contributed by atoms with Crippen LogP contribution in [0.25, 0.3) is 0 Å². The Bertz CT molecular complexity index is 144. The maximum Gasteiger partial charge on any atom is 0.0630 e. The minimum Gasteiger partial charge on any atom is -0.383 e. The van der Waals surface area contributed by atoms with E-state index in [0.717, 1.165) is 19.8 Å². The molecule has 2 atom stereocenters. The maximum atomic E-state index is 5.69. The number of hydrogen-bond acceptors (Lipinski definition) is 4. The molecule has 0 aliphatic carbocycles. The Morgan fingerprint density at radius 2 is 2.46 bits per heavy atom. The highest BCUT2D eigenvalue weighted by Gasteiger charge is 2.25. The van der Waals surface area contributed by atoms with Crippen molar-refractivity contribution in [2.24, 2.45) is 5.73 Å². The second-order valence-electron chi connectivity index (χ2n) is 3.51. The number of ether oxygens (including phenoxy) is 2. The second-order valence-corrected chi connectivity index (χ2v) is 3.51. The van der Waals surface area contributed by atoms with Crippen molar-refractivity contribution < 1.29 is 9.47 Å². The highest BCUT2D eigenvalue weighted by Crippen LogP contribution is 2.10. The molecule has 1 fully saturated rings. The van der Waals surface area contributed by atoms with Gasteiger partial charge in [-0.1, -0.05) is 0 Å². The lowest BCUT2D eigenvalue weighted by Crippen LogP contribution is -2.53. The van der Waals surface area contributed by atoms with Crippen LogP contribution in [0.3, 0.4) is 0 Å². The lowest BCUT2D eigenvalue weighted by Gasteiger charge is -2.38. The van der Waals surface area contributed by atoms with Gasteiger partial charge in [0, 0.05) is 32.3 Å². The maximum absolute atomic E-state index is 5.69. The van der Waals surface area contributed by atoms with E-state index in [2.05, 4.69) is 11.8 Å². The summed E-state index contributed by atoms with van der Waals surface area (Å²) in [6, 6.07) is 0.793. The van der Waals surface area contributed by atoms with Gasteiger partial charge in [0.1, 0.15) is 0 Å². The number of hydrogen-bond donors (Lipinski definition) is 1. The largest absolute Gasteiger partial charge is 0.383 e. The first-order valence-electron chi connectivity index (χ1n) is 4.82. The van der Waals surface area contributed by atoms with E-state index in [0.29, 0.717) is 25.2 Å². The van der Waals surface area contributed by atoms with Gasteiger partial charge in [0.2, 0.25) is 0 Å². The van der Waals surface area contributed by atoms with Gasteiger partial charge in [-0.05, 0) is 6.92 Å². The second kappa shape index (κ2) is 5.54. The Hall–Kier alpha value is -0.160. The fraction of sp³-hybridized carbons (Fsp3) is 1.00. The normalized spacial score (nSPS) is 27.5. The van der Waals surface area contributed by atoms with Gasteiger partial charge < -0.3 is 15.2 Å². The molecule has 0 saturated carbocycles. The monoisotopic (exact) mass is 188 g/mol. The van der Waals surface area contributed by atoms with Crippen LogP contribution >= 0.6 is 0 Å². The molecule has 13 heavy (non-hydrogen) atoms. The van der Waals surface area contributed by atoms with Crippen LogP contribution in [0, 0.1) is 0 Å². The first-order valence-corrected chi connectivity index (χ1v) is 4.82. The average Bonchev–Trinajstić information content (AvgIpc) is 2.16. The first-order chi connectivity index (χ1) is 6.29. The van der Waals surface area contributed by atoms with E-state index in [4.69, 9.17) is 15.2 Å². The Balaban J connectivity index is 2.44. The molecule has 1 aliphatic rings. The average molecular weight is 188 g/mol. The zero-order valence-corrected chi connectivity index (χ0v) is 8.53. The summed E-state index contributed by atoms with van der Waals surface area (Å²) < 4.78 is 10.5. The number of methoxy groups -OCH3 is 1. The number of nitrogens with two attached hydrogens (primary N) is 1. The molecular formula is C9H20N2O2. The van der Waals surface area contributed by atoms with Crippen LogP contribution < -0.4 is 5.73 Å². The van der Waals surface area contributed by atoms with Crippen molar-refractivity contribution in [2.45, 2.75) is 19.0 Å². The van der Waals surface area contributed by atoms with E-state index in [9.17, 15) is 0 Å². The lowest BCUT2D eigenvalue weighted by atomic mass is 10.1. The lowest BCUT2D eigenvalue weighted by molar-refractivity contribution is -0.0354. The first kappa shape index (κ1) is 10.9. The smallest absolute Gasteiger partial charge is 0.0630 e. The molecule has 78 valence electrons. The standard InChI is InChI=1S/C9H20N2O2/c1-8-6-13-4-3-11(8)9(5-10)7-12-2/h8-9H,3-7,10H2,1-2H3. The molecule has 1 rings (SSSR count). The molecule has 1 aliphatic heterocycles. The van der Waals surface area contributed by atoms with Crippen LogP contribution in [-0.4, -0.2) is 57.0 Å². The Kier molecular flexibility index (Phi) is 4.66. The predicted octanol–water partition coefficient (Wildman–Crippen LogP) is -0.319. The molecule has 0 spiro atoms. The molecule has 4 nitrogen and oxygen atoms in total. The molecular weight excluding hydrogens is 168 g/mol. The molecule has 0 amide bonds. The van der Waals surface area contributed by atoms with Crippen molar-refractivity contribution in [1.82, 2.24) is 4.90 Å². The van der Waals surface area contributed by atoms with E-state index < -0.39 is 0 Å². The molecule has 2 N–H and O–H groups in total. The van der Waals surface area contributed by atoms with Crippen LogP contribution in [-0.2, 0) is 9.47 Å². The molecule has 0 bridgehead atoms. The molecule has 4 heteroatoms. The third kappa shape index (κ3) is 2.91. The van der Waals surface area contributed by atoms with Gasteiger partial charge in [0.05, 0.1) is 19.8 Å². The van der Waals surface area contributed by atoms with Crippen molar-refractivity contribution >= 4 is 0 Å². The van der Waals surface area contributed by atoms with Gasteiger partial charge in [-0.2, -0.15) is 0 Å². The van der Waals surface area contributed by atoms with Crippen LogP contribution in [0.2, 0.25) is 0 Å². The molecule has 0 radical (unpaired) electrons. The van der Waals surface area contributed by atoms with E-state index in [1.165, 1.54) is 0 Å². The third-order valence-corrected chi connectivity index (χ3v) is 2.52. The van der Waals surface area contributed by atoms with Crippen molar-refractivity contribution in [3.8, 4) is 0 Å². The minimum absolute atomic E-state index is 0.337. The minimum atomic E-state index is 0.337. The van der Waals surface area contributed by atoms with Crippen LogP contribution in [0.1, 0.15) is 6.92 Å². The van der Waals surface area contributed by atoms with Crippen LogP contribution in [0.15, 0.2) is 0 Å². The summed E-state index contributed by atoms with van der Waals surface area (Å²) in [4.78, 5) is 2.37. The van der Waals surface area contributed by atoms with E-state index >= 15 is 0 Å². The molecule has 1 heterocycles. The summed E-state index contributed by atoms with van der Waals surface area (Å²) in [5, 5.41) is 0. The summed E-state index contributed by atoms with van der Waals surface area (Å²) in [5.74, 6) is 0. The number of morpholine rings is 1. The van der Waals surface area contributed by atoms with Gasteiger partial charge in [-0.3, -0.25) is 4.90 Å². The molecule has 0 aromatic carbocycles. The van der Waals surface area contributed by atoms with Gasteiger partial charge in [-0.25, -0.2) is 0 Å². The van der Waals surface area contributed by atoms with E-state index in [-0.39, 0.29) is 0 Å². The number of nitrogens with zero attached hydrogens (tertiary/aromatic N) is 1. The van der Waals surface area contributed by atoms with Crippen molar-refractivity contribution in [3.63, 3.8) is 0 Å². The quantitative estimate of drug-likeness (QED) is 0.657. The van der Waals surface area contributed by atoms with E-state index in [1.54, 1.807) is 7.11 Å². The van der Waals surface area contributed by atoms with Crippen molar-refractivity contribution in [1.29, 1.82) is 0 Å². The number of rotatable bonds is 4. The zero-order valence-electron chi connectivity index (χ0n) is 8.53. The third-order valence-electron chi connectivity index (χ3n) is 2.52. The zero-order chi connectivity index (χ0) is 9.68. The molecule has 2 unspecified atom stereocenters. The summed E-state index contributed by atoms with van der Waals surface area (Å²) in [6.07, 6.45) is 0. The Morgan fingerprint density at radius 1 is 1.69 bits per heavy atom. The summed E-state index contributed by atoms with van der Waals surface area (Å²) in [5.41, 5.74) is 5.69. The topological polar surface area (TPSA) is 47.7 Å². The molecule has 0 aromatic rings. The molecule has 1 saturated heterocycles. The Labute approximate surface area is 80.0 Å². The van der Waals surface area contributed by atoms with Gasteiger partial charge in [-0.15, -0.1) is 0 Å². The SMILES string of the molecule is COCC(CN)N1CCOCC1C. The van der Waals surface area contributed by atoms with E-state index in [1.807, 2.05) is 0 Å². The predicted molar refractivity (Wildman–Crippen MR) is 51.7 cm³/mol. The van der Waals surface area contributed by atoms with Crippen molar-refractivity contribution in [3.05, 3.63) is 0 Å². The van der Waals surface area contributed by atoms with Gasteiger partial charge >= 0.3 is 0 Å². The van der Waals surface area contributed by atoms with Gasteiger partial charge in [0.25, 0.3) is 0 Å². The summed E-state index contributed by atoms with van der Waals surface area (Å²) in [7, 11) is 1.72. The van der Waals surface area contributed by atoms with Crippen LogP contribution in [0.5, 0.6) is 0 Å². The highest BCUT2D eigenvalue weighted by atomic mass is 16.5. The highest BCUT2D eigenvalue weighted by molar-refractivity contribution is 4.79. The van der Waals surface area contributed by atoms with Crippen LogP contribution in [0.4, 0.5) is 0 Å². The molecule has 0 aromatic heterocycles. The fourth-order valence-corrected chi connectivity index (χ4v) is 1.77. The summed E-state index contributed by atoms with van der Waals surface area (Å²) in [6.45, 7) is 6.10.